The summed E-state index contributed by atoms with van der Waals surface area (Å²) in [5.41, 5.74) is 0.972. The number of hydrogen-bond acceptors (Lipinski definition) is 3. The number of aryl methyl sites for hydroxylation is 2. The zero-order chi connectivity index (χ0) is 11.7. The van der Waals surface area contributed by atoms with Crippen molar-refractivity contribution >= 4 is 21.7 Å². The van der Waals surface area contributed by atoms with Crippen molar-refractivity contribution in [2.45, 2.75) is 13.5 Å². The van der Waals surface area contributed by atoms with Gasteiger partial charge in [0, 0.05) is 19.8 Å². The second-order valence-electron chi connectivity index (χ2n) is 3.41. The molecule has 84 valence electrons. The fourth-order valence-corrected chi connectivity index (χ4v) is 1.96. The highest BCUT2D eigenvalue weighted by Crippen LogP contribution is 2.19. The second kappa shape index (κ2) is 4.21. The number of nitrogens with zero attached hydrogens (tertiary/aromatic N) is 4. The van der Waals surface area contributed by atoms with Crippen LogP contribution in [0.25, 0.3) is 0 Å². The van der Waals surface area contributed by atoms with Crippen LogP contribution in [0.4, 0.5) is 0 Å². The molecule has 5 nitrogen and oxygen atoms in total. The van der Waals surface area contributed by atoms with Crippen LogP contribution in [0.3, 0.4) is 0 Å². The minimum atomic E-state index is -0.119. The monoisotopic (exact) mass is 282 g/mol. The van der Waals surface area contributed by atoms with Crippen molar-refractivity contribution in [1.29, 1.82) is 0 Å². The number of rotatable bonds is 3. The van der Waals surface area contributed by atoms with Gasteiger partial charge in [-0.1, -0.05) is 0 Å². The highest BCUT2D eigenvalue weighted by molar-refractivity contribution is 9.10. The Morgan fingerprint density at radius 2 is 2.31 bits per heavy atom. The number of aromatic nitrogens is 4. The largest absolute Gasteiger partial charge is 0.340 e. The molecule has 0 unspecified atom stereocenters. The van der Waals surface area contributed by atoms with Crippen LogP contribution >= 0.6 is 15.9 Å². The molecule has 0 saturated heterocycles. The lowest BCUT2D eigenvalue weighted by Crippen LogP contribution is -2.11. The first-order valence-corrected chi connectivity index (χ1v) is 5.66. The highest BCUT2D eigenvalue weighted by atomic mass is 79.9. The summed E-state index contributed by atoms with van der Waals surface area (Å²) >= 11 is 3.32. The lowest BCUT2D eigenvalue weighted by Gasteiger charge is -2.02. The Morgan fingerprint density at radius 3 is 2.88 bits per heavy atom. The molecule has 0 saturated carbocycles. The second-order valence-corrected chi connectivity index (χ2v) is 4.26. The van der Waals surface area contributed by atoms with Gasteiger partial charge in [-0.3, -0.25) is 9.48 Å². The van der Waals surface area contributed by atoms with Gasteiger partial charge in [0.1, 0.15) is 11.4 Å². The van der Waals surface area contributed by atoms with Crippen LogP contribution in [0.1, 0.15) is 23.1 Å². The molecule has 16 heavy (non-hydrogen) atoms. The standard InChI is InChI=1S/C10H11BrN4O/c1-3-15-9(7(11)4-13-15)10(16)8-5-14(2)6-12-8/h4-6H,3H2,1-2H3. The average molecular weight is 283 g/mol. The van der Waals surface area contributed by atoms with E-state index in [9.17, 15) is 4.79 Å². The summed E-state index contributed by atoms with van der Waals surface area (Å²) in [5, 5.41) is 4.10. The molecular weight excluding hydrogens is 272 g/mol. The summed E-state index contributed by atoms with van der Waals surface area (Å²) in [7, 11) is 1.83. The first-order valence-electron chi connectivity index (χ1n) is 4.87. The van der Waals surface area contributed by atoms with E-state index < -0.39 is 0 Å². The van der Waals surface area contributed by atoms with E-state index in [-0.39, 0.29) is 5.78 Å². The van der Waals surface area contributed by atoms with E-state index in [4.69, 9.17) is 0 Å². The van der Waals surface area contributed by atoms with Crippen molar-refractivity contribution in [2.75, 3.05) is 0 Å². The van der Waals surface area contributed by atoms with Crippen molar-refractivity contribution in [3.05, 3.63) is 34.6 Å². The van der Waals surface area contributed by atoms with Gasteiger partial charge in [-0.25, -0.2) is 4.98 Å². The molecule has 0 aliphatic carbocycles. The molecule has 2 aromatic heterocycles. The van der Waals surface area contributed by atoms with E-state index in [0.717, 1.165) is 0 Å². The van der Waals surface area contributed by atoms with Crippen LogP contribution in [0.5, 0.6) is 0 Å². The summed E-state index contributed by atoms with van der Waals surface area (Å²) < 4.78 is 4.10. The molecule has 0 aliphatic heterocycles. The maximum Gasteiger partial charge on any atom is 0.232 e. The number of carbonyl (C=O) groups is 1. The molecule has 0 radical (unpaired) electrons. The summed E-state index contributed by atoms with van der Waals surface area (Å²) in [6.45, 7) is 2.59. The number of carbonyl (C=O) groups excluding carboxylic acids is 1. The lowest BCUT2D eigenvalue weighted by atomic mass is 10.2. The number of imidazole rings is 1. The van der Waals surface area contributed by atoms with Gasteiger partial charge in [-0.15, -0.1) is 0 Å². The van der Waals surface area contributed by atoms with Crippen LogP contribution < -0.4 is 0 Å². The molecule has 2 rings (SSSR count). The third-order valence-corrected chi connectivity index (χ3v) is 2.83. The molecule has 0 bridgehead atoms. The fraction of sp³-hybridized carbons (Fsp3) is 0.300. The van der Waals surface area contributed by atoms with Crippen LogP contribution in [0, 0.1) is 0 Å². The maximum atomic E-state index is 12.2. The Kier molecular flexibility index (Phi) is 2.91. The number of ketones is 1. The molecule has 0 aliphatic rings. The zero-order valence-corrected chi connectivity index (χ0v) is 10.6. The van der Waals surface area contributed by atoms with Gasteiger partial charge in [-0.05, 0) is 22.9 Å². The summed E-state index contributed by atoms with van der Waals surface area (Å²) in [6.07, 6.45) is 4.93. The Hall–Kier alpha value is -1.43. The van der Waals surface area contributed by atoms with Crippen LogP contribution in [0.15, 0.2) is 23.2 Å². The third-order valence-electron chi connectivity index (χ3n) is 2.25. The van der Waals surface area contributed by atoms with Crippen molar-refractivity contribution in [2.24, 2.45) is 7.05 Å². The van der Waals surface area contributed by atoms with Crippen molar-refractivity contribution in [1.82, 2.24) is 19.3 Å². The van der Waals surface area contributed by atoms with Gasteiger partial charge in [0.25, 0.3) is 0 Å². The fourth-order valence-electron chi connectivity index (χ4n) is 1.48. The van der Waals surface area contributed by atoms with Gasteiger partial charge in [0.05, 0.1) is 17.0 Å². The van der Waals surface area contributed by atoms with Gasteiger partial charge in [0.2, 0.25) is 5.78 Å². The van der Waals surface area contributed by atoms with Crippen LogP contribution in [-0.2, 0) is 13.6 Å². The molecule has 6 heteroatoms. The third kappa shape index (κ3) is 1.80. The Balaban J connectivity index is 2.44. The minimum absolute atomic E-state index is 0.119. The molecule has 0 aromatic carbocycles. The van der Waals surface area contributed by atoms with E-state index in [1.54, 1.807) is 28.0 Å². The molecule has 0 spiro atoms. The van der Waals surface area contributed by atoms with Gasteiger partial charge >= 0.3 is 0 Å². The molecule has 2 heterocycles. The Morgan fingerprint density at radius 1 is 1.56 bits per heavy atom. The van der Waals surface area contributed by atoms with E-state index >= 15 is 0 Å². The molecule has 2 aromatic rings. The number of halogens is 1. The topological polar surface area (TPSA) is 52.7 Å². The predicted molar refractivity (Wildman–Crippen MR) is 62.2 cm³/mol. The average Bonchev–Trinajstić information content (AvgIpc) is 2.83. The predicted octanol–water partition coefficient (Wildman–Crippen LogP) is 1.63. The minimum Gasteiger partial charge on any atom is -0.340 e. The highest BCUT2D eigenvalue weighted by Gasteiger charge is 2.19. The molecule has 0 N–H and O–H groups in total. The van der Waals surface area contributed by atoms with E-state index in [0.29, 0.717) is 22.4 Å². The van der Waals surface area contributed by atoms with Crippen LogP contribution in [-0.4, -0.2) is 25.1 Å². The molecule has 0 amide bonds. The van der Waals surface area contributed by atoms with E-state index in [2.05, 4.69) is 26.0 Å². The Bertz CT molecular complexity index is 529. The first kappa shape index (κ1) is 11.1. The van der Waals surface area contributed by atoms with Gasteiger partial charge in [0.15, 0.2) is 0 Å². The first-order chi connectivity index (χ1) is 7.63. The molecule has 0 atom stereocenters. The lowest BCUT2D eigenvalue weighted by molar-refractivity contribution is 0.102. The maximum absolute atomic E-state index is 12.2. The van der Waals surface area contributed by atoms with E-state index in [1.165, 1.54) is 0 Å². The van der Waals surface area contributed by atoms with Crippen LogP contribution in [0.2, 0.25) is 0 Å². The summed E-state index contributed by atoms with van der Waals surface area (Å²) in [5.74, 6) is -0.119. The zero-order valence-electron chi connectivity index (χ0n) is 9.01. The van der Waals surface area contributed by atoms with Crippen molar-refractivity contribution in [3.63, 3.8) is 0 Å². The smallest absolute Gasteiger partial charge is 0.232 e. The quantitative estimate of drug-likeness (QED) is 0.804. The molecular formula is C10H11BrN4O. The summed E-state index contributed by atoms with van der Waals surface area (Å²) in [4.78, 5) is 16.2. The van der Waals surface area contributed by atoms with Gasteiger partial charge < -0.3 is 4.57 Å². The molecule has 0 fully saturated rings. The van der Waals surface area contributed by atoms with Crippen molar-refractivity contribution in [3.8, 4) is 0 Å². The SMILES string of the molecule is CCn1ncc(Br)c1C(=O)c1cn(C)cn1. The number of hydrogen-bond donors (Lipinski definition) is 0. The normalized spacial score (nSPS) is 10.7. The summed E-state index contributed by atoms with van der Waals surface area (Å²) in [6, 6.07) is 0. The van der Waals surface area contributed by atoms with E-state index in [1.807, 2.05) is 14.0 Å². The Labute approximate surface area is 101 Å². The van der Waals surface area contributed by atoms with Gasteiger partial charge in [-0.2, -0.15) is 5.10 Å². The van der Waals surface area contributed by atoms with Crippen molar-refractivity contribution < 1.29 is 4.79 Å².